The number of nitrogens with one attached hydrogen (secondary N) is 1. The zero-order valence-electron chi connectivity index (χ0n) is 11.0. The second kappa shape index (κ2) is 7.57. The van der Waals surface area contributed by atoms with E-state index in [0.717, 1.165) is 4.31 Å². The molecule has 0 saturated heterocycles. The van der Waals surface area contributed by atoms with E-state index in [0.29, 0.717) is 16.7 Å². The van der Waals surface area contributed by atoms with Crippen molar-refractivity contribution >= 4 is 33.6 Å². The number of aliphatic carboxylic acids is 1. The summed E-state index contributed by atoms with van der Waals surface area (Å²) in [5.74, 6) is -3.65. The molecule has 0 aliphatic rings. The van der Waals surface area contributed by atoms with Gasteiger partial charge in [-0.3, -0.25) is 9.52 Å². The Kier molecular flexibility index (Phi) is 6.37. The first kappa shape index (κ1) is 17.7. The van der Waals surface area contributed by atoms with E-state index < -0.39 is 21.9 Å². The highest BCUT2D eigenvalue weighted by atomic mass is 32.2. The molecule has 21 heavy (non-hydrogen) atoms. The lowest BCUT2D eigenvalue weighted by Gasteiger charge is -2.17. The van der Waals surface area contributed by atoms with Crippen LogP contribution in [0.4, 0.5) is 14.5 Å². The highest BCUT2D eigenvalue weighted by Crippen LogP contribution is 2.26. The maximum Gasteiger partial charge on any atom is 0.304 e. The summed E-state index contributed by atoms with van der Waals surface area (Å²) in [6.45, 7) is -0.177. The van der Waals surface area contributed by atoms with Gasteiger partial charge in [-0.2, -0.15) is 21.5 Å². The summed E-state index contributed by atoms with van der Waals surface area (Å²) < 4.78 is 51.1. The topological polar surface area (TPSA) is 86.7 Å². The molecule has 0 radical (unpaired) electrons. The van der Waals surface area contributed by atoms with Gasteiger partial charge >= 0.3 is 16.2 Å². The maximum absolute atomic E-state index is 12.1. The van der Waals surface area contributed by atoms with E-state index in [1.54, 1.807) is 0 Å². The van der Waals surface area contributed by atoms with Crippen LogP contribution in [0.2, 0.25) is 0 Å². The molecule has 0 aromatic heterocycles. The number of rotatable bonds is 8. The smallest absolute Gasteiger partial charge is 0.304 e. The van der Waals surface area contributed by atoms with Gasteiger partial charge in [-0.15, -0.1) is 0 Å². The molecular weight excluding hydrogens is 326 g/mol. The van der Waals surface area contributed by atoms with Crippen molar-refractivity contribution in [3.8, 4) is 0 Å². The normalized spacial score (nSPS) is 11.9. The van der Waals surface area contributed by atoms with Crippen molar-refractivity contribution in [2.45, 2.75) is 17.1 Å². The predicted molar refractivity (Wildman–Crippen MR) is 75.7 cm³/mol. The molecule has 0 spiro atoms. The van der Waals surface area contributed by atoms with E-state index in [1.165, 1.54) is 31.3 Å². The third kappa shape index (κ3) is 6.27. The average Bonchev–Trinajstić information content (AvgIpc) is 2.37. The van der Waals surface area contributed by atoms with Crippen molar-refractivity contribution < 1.29 is 27.1 Å². The van der Waals surface area contributed by atoms with Crippen LogP contribution in [0.3, 0.4) is 0 Å². The summed E-state index contributed by atoms with van der Waals surface area (Å²) >= 11 is 0.357. The number of carboxylic acids is 1. The molecule has 10 heteroatoms. The van der Waals surface area contributed by atoms with Crippen LogP contribution in [-0.2, 0) is 15.0 Å². The highest BCUT2D eigenvalue weighted by Gasteiger charge is 2.18. The number of halogens is 2. The molecule has 1 aromatic rings. The van der Waals surface area contributed by atoms with Crippen LogP contribution in [0.1, 0.15) is 6.42 Å². The van der Waals surface area contributed by atoms with Crippen molar-refractivity contribution in [1.29, 1.82) is 0 Å². The molecule has 2 N–H and O–H groups in total. The number of carboxylic acid groups (broad SMARTS) is 1. The van der Waals surface area contributed by atoms with Crippen LogP contribution in [0.25, 0.3) is 0 Å². The van der Waals surface area contributed by atoms with Gasteiger partial charge < -0.3 is 5.11 Å². The number of carbonyl (C=O) groups is 1. The Hall–Kier alpha value is -1.39. The van der Waals surface area contributed by atoms with Gasteiger partial charge in [-0.25, -0.2) is 0 Å². The molecule has 0 saturated carbocycles. The molecule has 1 aromatic carbocycles. The van der Waals surface area contributed by atoms with Gasteiger partial charge in [0.25, 0.3) is 5.76 Å². The monoisotopic (exact) mass is 340 g/mol. The van der Waals surface area contributed by atoms with Crippen LogP contribution >= 0.6 is 11.8 Å². The SMILES string of the molecule is CN(CCC(=O)O)S(=O)(=O)Nc1ccc(SC(F)F)cc1. The van der Waals surface area contributed by atoms with Gasteiger partial charge in [0.1, 0.15) is 0 Å². The Morgan fingerprint density at radius 1 is 1.38 bits per heavy atom. The molecule has 0 aliphatic heterocycles. The summed E-state index contributed by atoms with van der Waals surface area (Å²) in [5.41, 5.74) is 0.204. The summed E-state index contributed by atoms with van der Waals surface area (Å²) in [6.07, 6.45) is -0.318. The van der Waals surface area contributed by atoms with E-state index in [1.807, 2.05) is 0 Å². The van der Waals surface area contributed by atoms with Crippen molar-refractivity contribution in [1.82, 2.24) is 4.31 Å². The average molecular weight is 340 g/mol. The third-order valence-electron chi connectivity index (χ3n) is 2.38. The number of alkyl halides is 2. The fraction of sp³-hybridized carbons (Fsp3) is 0.364. The molecule has 0 aliphatic carbocycles. The molecule has 0 fully saturated rings. The second-order valence-electron chi connectivity index (χ2n) is 3.98. The Bertz CT molecular complexity index is 578. The lowest BCUT2D eigenvalue weighted by atomic mass is 10.3. The van der Waals surface area contributed by atoms with Crippen molar-refractivity contribution in [2.24, 2.45) is 0 Å². The first-order chi connectivity index (χ1) is 9.70. The van der Waals surface area contributed by atoms with Gasteiger partial charge in [0, 0.05) is 24.2 Å². The van der Waals surface area contributed by atoms with E-state index in [2.05, 4.69) is 4.72 Å². The van der Waals surface area contributed by atoms with Crippen molar-refractivity contribution in [3.05, 3.63) is 24.3 Å². The number of thioether (sulfide) groups is 1. The molecule has 0 heterocycles. The second-order valence-corrected chi connectivity index (χ2v) is 6.82. The van der Waals surface area contributed by atoms with Gasteiger partial charge in [-0.05, 0) is 24.3 Å². The number of nitrogens with zero attached hydrogens (tertiary/aromatic N) is 1. The molecule has 0 amide bonds. The number of benzene rings is 1. The largest absolute Gasteiger partial charge is 0.481 e. The first-order valence-corrected chi connectivity index (χ1v) is 8.03. The summed E-state index contributed by atoms with van der Waals surface area (Å²) in [5, 5.41) is 8.51. The number of anilines is 1. The maximum atomic E-state index is 12.1. The van der Waals surface area contributed by atoms with E-state index in [4.69, 9.17) is 5.11 Å². The van der Waals surface area contributed by atoms with Crippen molar-refractivity contribution in [3.63, 3.8) is 0 Å². The molecule has 0 unspecified atom stereocenters. The number of hydrogen-bond acceptors (Lipinski definition) is 4. The van der Waals surface area contributed by atoms with Crippen LogP contribution in [-0.4, -0.2) is 43.1 Å². The summed E-state index contributed by atoms with van der Waals surface area (Å²) in [4.78, 5) is 10.7. The minimum atomic E-state index is -3.88. The Balaban J connectivity index is 2.68. The van der Waals surface area contributed by atoms with Gasteiger partial charge in [0.15, 0.2) is 0 Å². The lowest BCUT2D eigenvalue weighted by molar-refractivity contribution is -0.137. The zero-order chi connectivity index (χ0) is 16.0. The highest BCUT2D eigenvalue weighted by molar-refractivity contribution is 7.99. The van der Waals surface area contributed by atoms with Crippen LogP contribution < -0.4 is 4.72 Å². The van der Waals surface area contributed by atoms with Gasteiger partial charge in [0.2, 0.25) is 0 Å². The van der Waals surface area contributed by atoms with Crippen LogP contribution in [0, 0.1) is 0 Å². The van der Waals surface area contributed by atoms with Gasteiger partial charge in [-0.1, -0.05) is 11.8 Å². The Morgan fingerprint density at radius 2 is 1.95 bits per heavy atom. The fourth-order valence-corrected chi connectivity index (χ4v) is 2.72. The molecule has 118 valence electrons. The first-order valence-electron chi connectivity index (χ1n) is 5.71. The van der Waals surface area contributed by atoms with E-state index >= 15 is 0 Å². The summed E-state index contributed by atoms with van der Waals surface area (Å²) in [6, 6.07) is 5.44. The lowest BCUT2D eigenvalue weighted by Crippen LogP contribution is -2.34. The molecule has 1 rings (SSSR count). The predicted octanol–water partition coefficient (Wildman–Crippen LogP) is 2.06. The minimum absolute atomic E-state index is 0.177. The standard InChI is InChI=1S/C11H14F2N2O4S2/c1-15(7-6-10(16)17)21(18,19)14-8-2-4-9(5-3-8)20-11(12)13/h2-5,11,14H,6-7H2,1H3,(H,16,17). The number of hydrogen-bond donors (Lipinski definition) is 2. The fourth-order valence-electron chi connectivity index (χ4n) is 1.30. The Morgan fingerprint density at radius 3 is 2.43 bits per heavy atom. The molecule has 6 nitrogen and oxygen atoms in total. The Labute approximate surface area is 125 Å². The van der Waals surface area contributed by atoms with Crippen molar-refractivity contribution in [2.75, 3.05) is 18.3 Å². The molecule has 0 bridgehead atoms. The van der Waals surface area contributed by atoms with E-state index in [9.17, 15) is 22.0 Å². The van der Waals surface area contributed by atoms with Crippen LogP contribution in [0.15, 0.2) is 29.2 Å². The molecule has 0 atom stereocenters. The summed E-state index contributed by atoms with van der Waals surface area (Å²) in [7, 11) is -2.64. The minimum Gasteiger partial charge on any atom is -0.481 e. The third-order valence-corrected chi connectivity index (χ3v) is 4.60. The van der Waals surface area contributed by atoms with E-state index in [-0.39, 0.29) is 18.7 Å². The zero-order valence-corrected chi connectivity index (χ0v) is 12.6. The quantitative estimate of drug-likeness (QED) is 0.708. The van der Waals surface area contributed by atoms with Gasteiger partial charge in [0.05, 0.1) is 6.42 Å². The molecular formula is C11H14F2N2O4S2. The van der Waals surface area contributed by atoms with Crippen LogP contribution in [0.5, 0.6) is 0 Å².